The molecule has 1 unspecified atom stereocenters. The van der Waals surface area contributed by atoms with Gasteiger partial charge in [-0.15, -0.1) is 5.10 Å². The lowest BCUT2D eigenvalue weighted by atomic mass is 10.4. The van der Waals surface area contributed by atoms with Crippen molar-refractivity contribution < 1.29 is 0 Å². The number of aromatic nitrogens is 3. The molecule has 0 radical (unpaired) electrons. The first-order valence-electron chi connectivity index (χ1n) is 2.87. The Balaban J connectivity index is 2.94. The summed E-state index contributed by atoms with van der Waals surface area (Å²) in [5.74, 6) is 0. The quantitative estimate of drug-likeness (QED) is 0.531. The van der Waals surface area contributed by atoms with Gasteiger partial charge in [0.2, 0.25) is 0 Å². The number of nitrogens with zero attached hydrogens (tertiary/aromatic N) is 3. The van der Waals surface area contributed by atoms with Crippen molar-refractivity contribution in [1.82, 2.24) is 15.0 Å². The van der Waals surface area contributed by atoms with E-state index in [0.29, 0.717) is 6.04 Å². The Bertz CT molecular complexity index is 194. The van der Waals surface area contributed by atoms with Crippen LogP contribution in [0, 0.1) is 0 Å². The van der Waals surface area contributed by atoms with E-state index < -0.39 is 0 Å². The zero-order valence-corrected chi connectivity index (χ0v) is 6.73. The summed E-state index contributed by atoms with van der Waals surface area (Å²) in [6, 6.07) is 0.403. The molecule has 1 rings (SSSR count). The minimum atomic E-state index is 0.403. The van der Waals surface area contributed by atoms with Crippen molar-refractivity contribution in [3.8, 4) is 0 Å². The molecular weight excluding hydrogens is 133 g/mol. The van der Waals surface area contributed by atoms with Crippen LogP contribution in [-0.4, -0.2) is 15.0 Å². The summed E-state index contributed by atoms with van der Waals surface area (Å²) < 4.78 is 1.85. The van der Waals surface area contributed by atoms with Crippen molar-refractivity contribution in [1.29, 1.82) is 0 Å². The molecule has 0 aliphatic rings. The van der Waals surface area contributed by atoms with Gasteiger partial charge < -0.3 is 0 Å². The Morgan fingerprint density at radius 1 is 1.67 bits per heavy atom. The molecule has 0 bridgehead atoms. The molecule has 1 aromatic rings. The summed E-state index contributed by atoms with van der Waals surface area (Å²) in [6.45, 7) is 4.14. The molecule has 0 saturated heterocycles. The van der Waals surface area contributed by atoms with Gasteiger partial charge in [0, 0.05) is 6.04 Å². The van der Waals surface area contributed by atoms with Crippen molar-refractivity contribution >= 4 is 14.7 Å². The molecular formula is C5H10N3P. The summed E-state index contributed by atoms with van der Waals surface area (Å²) in [6.07, 6.45) is 1.73. The Morgan fingerprint density at radius 2 is 2.33 bits per heavy atom. The molecule has 0 spiro atoms. The fourth-order valence-electron chi connectivity index (χ4n) is 0.653. The Morgan fingerprint density at radius 3 is 2.56 bits per heavy atom. The second kappa shape index (κ2) is 2.44. The third-order valence-corrected chi connectivity index (χ3v) is 1.51. The Hall–Kier alpha value is -0.430. The van der Waals surface area contributed by atoms with E-state index in [-0.39, 0.29) is 0 Å². The molecule has 4 heteroatoms. The average Bonchev–Trinajstić information content (AvgIpc) is 2.13. The molecule has 1 aromatic heterocycles. The highest BCUT2D eigenvalue weighted by Crippen LogP contribution is 1.98. The molecule has 1 heterocycles. The van der Waals surface area contributed by atoms with Crippen LogP contribution < -0.4 is 5.44 Å². The molecule has 0 saturated carbocycles. The molecule has 0 aromatic carbocycles. The van der Waals surface area contributed by atoms with Crippen LogP contribution in [0.5, 0.6) is 0 Å². The minimum Gasteiger partial charge on any atom is -0.243 e. The van der Waals surface area contributed by atoms with Crippen LogP contribution >= 0.6 is 9.24 Å². The maximum atomic E-state index is 3.86. The van der Waals surface area contributed by atoms with E-state index in [1.54, 1.807) is 6.20 Å². The smallest absolute Gasteiger partial charge is 0.0764 e. The Kier molecular flexibility index (Phi) is 1.81. The van der Waals surface area contributed by atoms with Crippen molar-refractivity contribution in [3.05, 3.63) is 6.20 Å². The average molecular weight is 143 g/mol. The van der Waals surface area contributed by atoms with Gasteiger partial charge in [-0.25, -0.2) is 4.68 Å². The molecule has 0 fully saturated rings. The van der Waals surface area contributed by atoms with Gasteiger partial charge in [0.15, 0.2) is 0 Å². The Labute approximate surface area is 56.7 Å². The minimum absolute atomic E-state index is 0.403. The second-order valence-corrected chi connectivity index (χ2v) is 2.79. The van der Waals surface area contributed by atoms with Crippen LogP contribution in [0.25, 0.3) is 0 Å². The normalized spacial score (nSPS) is 10.7. The summed E-state index contributed by atoms with van der Waals surface area (Å²) >= 11 is 0. The summed E-state index contributed by atoms with van der Waals surface area (Å²) in [7, 11) is 2.58. The molecule has 0 aliphatic heterocycles. The molecule has 0 aliphatic carbocycles. The maximum absolute atomic E-state index is 3.86. The van der Waals surface area contributed by atoms with Crippen molar-refractivity contribution in [2.24, 2.45) is 0 Å². The lowest BCUT2D eigenvalue weighted by Gasteiger charge is -2.04. The predicted molar refractivity (Wildman–Crippen MR) is 39.8 cm³/mol. The monoisotopic (exact) mass is 143 g/mol. The lowest BCUT2D eigenvalue weighted by molar-refractivity contribution is 0.526. The summed E-state index contributed by atoms with van der Waals surface area (Å²) in [5.41, 5.74) is 1.03. The number of hydrogen-bond acceptors (Lipinski definition) is 2. The van der Waals surface area contributed by atoms with Gasteiger partial charge in [-0.3, -0.25) is 0 Å². The molecule has 3 nitrogen and oxygen atoms in total. The van der Waals surface area contributed by atoms with E-state index in [9.17, 15) is 0 Å². The lowest BCUT2D eigenvalue weighted by Crippen LogP contribution is -2.13. The topological polar surface area (TPSA) is 30.7 Å². The van der Waals surface area contributed by atoms with E-state index in [0.717, 1.165) is 5.44 Å². The van der Waals surface area contributed by atoms with Crippen molar-refractivity contribution in [2.45, 2.75) is 19.9 Å². The SMILES string of the molecule is CC(C)n1nncc1P. The van der Waals surface area contributed by atoms with Crippen LogP contribution in [-0.2, 0) is 0 Å². The van der Waals surface area contributed by atoms with Gasteiger partial charge in [0.05, 0.1) is 11.6 Å². The van der Waals surface area contributed by atoms with Gasteiger partial charge >= 0.3 is 0 Å². The molecule has 1 atom stereocenters. The van der Waals surface area contributed by atoms with Crippen LogP contribution in [0.1, 0.15) is 19.9 Å². The third-order valence-electron chi connectivity index (χ3n) is 1.09. The fourth-order valence-corrected chi connectivity index (χ4v) is 1.07. The van der Waals surface area contributed by atoms with Crippen molar-refractivity contribution in [3.63, 3.8) is 0 Å². The third kappa shape index (κ3) is 1.28. The van der Waals surface area contributed by atoms with Gasteiger partial charge in [-0.05, 0) is 13.8 Å². The predicted octanol–water partition coefficient (Wildman–Crippen LogP) is 0.359. The highest BCUT2D eigenvalue weighted by molar-refractivity contribution is 7.26. The zero-order valence-electron chi connectivity index (χ0n) is 5.57. The molecule has 0 N–H and O–H groups in total. The van der Waals surface area contributed by atoms with E-state index >= 15 is 0 Å². The standard InChI is InChI=1S/C5H10N3P/c1-4(2)8-5(9)3-6-7-8/h3-4H,9H2,1-2H3. The summed E-state index contributed by atoms with van der Waals surface area (Å²) in [5, 5.41) is 7.60. The molecule has 50 valence electrons. The summed E-state index contributed by atoms with van der Waals surface area (Å²) in [4.78, 5) is 0. The van der Waals surface area contributed by atoms with E-state index in [1.165, 1.54) is 0 Å². The van der Waals surface area contributed by atoms with Crippen LogP contribution in [0.15, 0.2) is 6.20 Å². The fraction of sp³-hybridized carbons (Fsp3) is 0.600. The maximum Gasteiger partial charge on any atom is 0.0764 e. The molecule has 9 heavy (non-hydrogen) atoms. The second-order valence-electron chi connectivity index (χ2n) is 2.20. The van der Waals surface area contributed by atoms with Gasteiger partial charge in [0.1, 0.15) is 0 Å². The highest BCUT2D eigenvalue weighted by atomic mass is 31.0. The zero-order chi connectivity index (χ0) is 6.85. The first-order chi connectivity index (χ1) is 4.22. The van der Waals surface area contributed by atoms with E-state index in [4.69, 9.17) is 0 Å². The van der Waals surface area contributed by atoms with Gasteiger partial charge in [0.25, 0.3) is 0 Å². The number of rotatable bonds is 1. The van der Waals surface area contributed by atoms with Crippen LogP contribution in [0.3, 0.4) is 0 Å². The van der Waals surface area contributed by atoms with Crippen LogP contribution in [0.2, 0.25) is 0 Å². The molecule has 0 amide bonds. The van der Waals surface area contributed by atoms with Crippen molar-refractivity contribution in [2.75, 3.05) is 0 Å². The van der Waals surface area contributed by atoms with Gasteiger partial charge in [-0.2, -0.15) is 0 Å². The highest BCUT2D eigenvalue weighted by Gasteiger charge is 2.00. The van der Waals surface area contributed by atoms with Gasteiger partial charge in [-0.1, -0.05) is 14.5 Å². The van der Waals surface area contributed by atoms with E-state index in [2.05, 4.69) is 33.4 Å². The van der Waals surface area contributed by atoms with Crippen LogP contribution in [0.4, 0.5) is 0 Å². The first kappa shape index (κ1) is 6.69. The first-order valence-corrected chi connectivity index (χ1v) is 3.45. The largest absolute Gasteiger partial charge is 0.243 e. The van der Waals surface area contributed by atoms with E-state index in [1.807, 2.05) is 4.68 Å². The number of hydrogen-bond donors (Lipinski definition) is 0.